The normalized spacial score (nSPS) is 15.1. The van der Waals surface area contributed by atoms with E-state index in [1.807, 2.05) is 0 Å². The van der Waals surface area contributed by atoms with E-state index < -0.39 is 23.8 Å². The van der Waals surface area contributed by atoms with Crippen molar-refractivity contribution in [3.8, 4) is 6.01 Å². The van der Waals surface area contributed by atoms with E-state index in [1.165, 1.54) is 0 Å². The molecule has 1 fully saturated rings. The van der Waals surface area contributed by atoms with Crippen molar-refractivity contribution in [3.63, 3.8) is 0 Å². The highest BCUT2D eigenvalue weighted by Gasteiger charge is 2.26. The van der Waals surface area contributed by atoms with Crippen LogP contribution in [0.2, 0.25) is 0 Å². The molecule has 11 heteroatoms. The third kappa shape index (κ3) is 5.16. The van der Waals surface area contributed by atoms with Crippen molar-refractivity contribution >= 4 is 16.8 Å². The average molecular weight is 387 g/mol. The van der Waals surface area contributed by atoms with Crippen LogP contribution in [0.15, 0.2) is 25.2 Å². The topological polar surface area (TPSA) is 107 Å². The van der Waals surface area contributed by atoms with Crippen LogP contribution in [0.3, 0.4) is 0 Å². The largest absolute Gasteiger partial charge is 0.403 e. The fraction of sp³-hybridized carbons (Fsp3) is 0.500. The zero-order valence-corrected chi connectivity index (χ0v) is 14.1. The molecule has 0 saturated carbocycles. The maximum absolute atomic E-state index is 12.3. The summed E-state index contributed by atoms with van der Waals surface area (Å²) < 4.78 is 47.1. The predicted molar refractivity (Wildman–Crippen MR) is 88.0 cm³/mol. The minimum atomic E-state index is -4.32. The number of alkyl halides is 3. The lowest BCUT2D eigenvalue weighted by Crippen LogP contribution is -2.17. The van der Waals surface area contributed by atoms with Gasteiger partial charge in [-0.25, -0.2) is 4.79 Å². The molecule has 0 aromatic carbocycles. The van der Waals surface area contributed by atoms with Crippen LogP contribution in [0.5, 0.6) is 6.01 Å². The van der Waals surface area contributed by atoms with E-state index in [-0.39, 0.29) is 35.5 Å². The molecule has 146 valence electrons. The van der Waals surface area contributed by atoms with E-state index in [9.17, 15) is 22.8 Å². The number of nitrogens with one attached hydrogen (secondary N) is 1. The van der Waals surface area contributed by atoms with E-state index in [1.54, 1.807) is 0 Å². The summed E-state index contributed by atoms with van der Waals surface area (Å²) in [5.41, 5.74) is -0.944. The fourth-order valence-corrected chi connectivity index (χ4v) is 2.65. The maximum Gasteiger partial charge on any atom is 0.389 e. The molecule has 0 unspecified atom stereocenters. The smallest absolute Gasteiger partial charge is 0.389 e. The van der Waals surface area contributed by atoms with Crippen LogP contribution in [0, 0.1) is 0 Å². The number of hydrogen-bond donors (Lipinski definition) is 1. The van der Waals surface area contributed by atoms with Crippen molar-refractivity contribution in [1.82, 2.24) is 9.97 Å². The van der Waals surface area contributed by atoms with Crippen LogP contribution in [-0.2, 0) is 11.2 Å². The standard InChI is InChI=1S/C16H16F3N3O5/c17-16(18,19)5-1-2-9-8-11(23)26-14-12(9)13(24)20-15(21-14)27-22-10-3-6-25-7-4-10/h8H,1-7H2,(H,20,21,24). The molecular weight excluding hydrogens is 371 g/mol. The van der Waals surface area contributed by atoms with Crippen molar-refractivity contribution in [2.24, 2.45) is 5.16 Å². The summed E-state index contributed by atoms with van der Waals surface area (Å²) in [7, 11) is 0. The summed E-state index contributed by atoms with van der Waals surface area (Å²) in [4.78, 5) is 35.3. The number of H-pyrrole nitrogens is 1. The molecule has 0 bridgehead atoms. The highest BCUT2D eigenvalue weighted by molar-refractivity contribution is 5.84. The Bertz CT molecular complexity index is 956. The van der Waals surface area contributed by atoms with Crippen LogP contribution in [0.4, 0.5) is 13.2 Å². The third-order valence-corrected chi connectivity index (χ3v) is 3.91. The van der Waals surface area contributed by atoms with E-state index in [2.05, 4.69) is 15.1 Å². The zero-order valence-electron chi connectivity index (χ0n) is 14.1. The fourth-order valence-electron chi connectivity index (χ4n) is 2.65. The van der Waals surface area contributed by atoms with E-state index >= 15 is 0 Å². The van der Waals surface area contributed by atoms with Gasteiger partial charge >= 0.3 is 17.8 Å². The Morgan fingerprint density at radius 2 is 2.00 bits per heavy atom. The molecule has 0 amide bonds. The Balaban J connectivity index is 1.86. The molecule has 1 N–H and O–H groups in total. The molecule has 1 saturated heterocycles. The summed E-state index contributed by atoms with van der Waals surface area (Å²) in [6.45, 7) is 1.03. The number of ether oxygens (including phenoxy) is 1. The van der Waals surface area contributed by atoms with Gasteiger partial charge in [0.25, 0.3) is 5.56 Å². The minimum Gasteiger partial charge on any atom is -0.403 e. The average Bonchev–Trinajstić information content (AvgIpc) is 2.59. The van der Waals surface area contributed by atoms with Gasteiger partial charge in [-0.2, -0.15) is 18.2 Å². The molecule has 0 spiro atoms. The lowest BCUT2D eigenvalue weighted by Gasteiger charge is -2.12. The quantitative estimate of drug-likeness (QED) is 0.789. The Labute approximate surface area is 150 Å². The van der Waals surface area contributed by atoms with Crippen LogP contribution >= 0.6 is 0 Å². The van der Waals surface area contributed by atoms with Crippen molar-refractivity contribution in [1.29, 1.82) is 0 Å². The minimum absolute atomic E-state index is 0.0807. The number of oxime groups is 1. The third-order valence-electron chi connectivity index (χ3n) is 3.91. The maximum atomic E-state index is 12.3. The number of rotatable bonds is 5. The van der Waals surface area contributed by atoms with Gasteiger partial charge in [0.1, 0.15) is 5.39 Å². The Morgan fingerprint density at radius 1 is 1.26 bits per heavy atom. The first-order valence-corrected chi connectivity index (χ1v) is 8.26. The van der Waals surface area contributed by atoms with Gasteiger partial charge in [-0.1, -0.05) is 5.16 Å². The van der Waals surface area contributed by atoms with Gasteiger partial charge in [0, 0.05) is 25.3 Å². The van der Waals surface area contributed by atoms with Crippen LogP contribution in [-0.4, -0.2) is 35.1 Å². The number of halogens is 3. The molecule has 0 aliphatic carbocycles. The molecule has 0 atom stereocenters. The van der Waals surface area contributed by atoms with Crippen LogP contribution < -0.4 is 16.0 Å². The molecule has 1 aliphatic heterocycles. The van der Waals surface area contributed by atoms with Crippen LogP contribution in [0.1, 0.15) is 31.2 Å². The second-order valence-corrected chi connectivity index (χ2v) is 5.97. The molecule has 3 rings (SSSR count). The molecule has 0 radical (unpaired) electrons. The summed E-state index contributed by atoms with van der Waals surface area (Å²) in [5, 5.41) is 3.80. The molecule has 27 heavy (non-hydrogen) atoms. The highest BCUT2D eigenvalue weighted by Crippen LogP contribution is 2.23. The monoisotopic (exact) mass is 387 g/mol. The highest BCUT2D eigenvalue weighted by atomic mass is 19.4. The lowest BCUT2D eigenvalue weighted by molar-refractivity contribution is -0.135. The van der Waals surface area contributed by atoms with E-state index in [0.29, 0.717) is 26.1 Å². The Kier molecular flexibility index (Phi) is 5.59. The lowest BCUT2D eigenvalue weighted by atomic mass is 10.1. The van der Waals surface area contributed by atoms with Crippen LogP contribution in [0.25, 0.3) is 11.1 Å². The number of nitrogens with zero attached hydrogens (tertiary/aromatic N) is 2. The number of aromatic nitrogens is 2. The van der Waals surface area contributed by atoms with Gasteiger partial charge in [-0.05, 0) is 18.4 Å². The summed E-state index contributed by atoms with van der Waals surface area (Å²) >= 11 is 0. The van der Waals surface area contributed by atoms with Crippen molar-refractivity contribution in [2.45, 2.75) is 38.3 Å². The summed E-state index contributed by atoms with van der Waals surface area (Å²) in [6.07, 6.45) is -4.57. The Hall–Kier alpha value is -2.69. The molecule has 8 nitrogen and oxygen atoms in total. The number of aromatic amines is 1. The van der Waals surface area contributed by atoms with Crippen molar-refractivity contribution < 1.29 is 27.2 Å². The van der Waals surface area contributed by atoms with Gasteiger partial charge in [-0.15, -0.1) is 0 Å². The first-order valence-electron chi connectivity index (χ1n) is 8.26. The first-order chi connectivity index (χ1) is 12.8. The van der Waals surface area contributed by atoms with Gasteiger partial charge < -0.3 is 14.0 Å². The molecule has 3 heterocycles. The van der Waals surface area contributed by atoms with Gasteiger partial charge in [0.15, 0.2) is 0 Å². The predicted octanol–water partition coefficient (Wildman–Crippen LogP) is 2.31. The Morgan fingerprint density at radius 3 is 2.70 bits per heavy atom. The van der Waals surface area contributed by atoms with Gasteiger partial charge in [-0.3, -0.25) is 9.78 Å². The number of aryl methyl sites for hydroxylation is 1. The van der Waals surface area contributed by atoms with E-state index in [0.717, 1.165) is 11.8 Å². The van der Waals surface area contributed by atoms with Gasteiger partial charge in [0.05, 0.1) is 18.9 Å². The van der Waals surface area contributed by atoms with Gasteiger partial charge in [0.2, 0.25) is 5.71 Å². The van der Waals surface area contributed by atoms with E-state index in [4.69, 9.17) is 14.0 Å². The number of fused-ring (bicyclic) bond motifs is 1. The summed E-state index contributed by atoms with van der Waals surface area (Å²) in [5.74, 6) is 0. The summed E-state index contributed by atoms with van der Waals surface area (Å²) in [6, 6.07) is 0.723. The molecular formula is C16H16F3N3O5. The van der Waals surface area contributed by atoms with Crippen molar-refractivity contribution in [3.05, 3.63) is 32.4 Å². The zero-order chi connectivity index (χ0) is 19.4. The molecule has 2 aromatic heterocycles. The molecule has 1 aliphatic rings. The number of hydrogen-bond acceptors (Lipinski definition) is 7. The SMILES string of the molecule is O=c1cc(CCCC(F)(F)F)c2c(=O)[nH]c(ON=C3CCOCC3)nc2o1. The second-order valence-electron chi connectivity index (χ2n) is 5.97. The van der Waals surface area contributed by atoms with Crippen molar-refractivity contribution in [2.75, 3.05) is 13.2 Å². The molecule has 2 aromatic rings. The first kappa shape index (κ1) is 19.1. The second kappa shape index (κ2) is 7.91.